The minimum absolute atomic E-state index is 0.160. The van der Waals surface area contributed by atoms with E-state index in [2.05, 4.69) is 5.10 Å². The van der Waals surface area contributed by atoms with Gasteiger partial charge in [0.1, 0.15) is 10.7 Å². The molecule has 0 spiro atoms. The van der Waals surface area contributed by atoms with Crippen molar-refractivity contribution in [3.05, 3.63) is 35.8 Å². The van der Waals surface area contributed by atoms with Gasteiger partial charge >= 0.3 is 5.97 Å². The first-order valence-corrected chi connectivity index (χ1v) is 8.16. The van der Waals surface area contributed by atoms with E-state index in [0.717, 1.165) is 6.07 Å². The topological polar surface area (TPSA) is 89.3 Å². The number of carbonyl (C=O) groups is 1. The lowest BCUT2D eigenvalue weighted by Crippen LogP contribution is -2.09. The van der Waals surface area contributed by atoms with Gasteiger partial charge in [0, 0.05) is 12.6 Å². The molecule has 6 nitrogen and oxygen atoms in total. The van der Waals surface area contributed by atoms with Crippen LogP contribution in [-0.2, 0) is 16.9 Å². The summed E-state index contributed by atoms with van der Waals surface area (Å²) in [4.78, 5) is 10.6. The Balaban J connectivity index is 2.04. The van der Waals surface area contributed by atoms with Crippen molar-refractivity contribution in [2.45, 2.75) is 23.0 Å². The standard InChI is InChI=1S/C14H13FN2O4S/c1-17-12(7-11(16-17)14(18)19)8-2-5-13(10(15)6-8)22(20,21)9-3-4-9/h2,5-7,9H,3-4H2,1H3,(H,18,19). The van der Waals surface area contributed by atoms with Gasteiger partial charge in [-0.25, -0.2) is 17.6 Å². The van der Waals surface area contributed by atoms with Gasteiger partial charge in [-0.1, -0.05) is 6.07 Å². The van der Waals surface area contributed by atoms with E-state index in [-0.39, 0.29) is 10.6 Å². The van der Waals surface area contributed by atoms with E-state index in [4.69, 9.17) is 5.11 Å². The lowest BCUT2D eigenvalue weighted by molar-refractivity contribution is 0.0689. The van der Waals surface area contributed by atoms with Crippen molar-refractivity contribution in [2.75, 3.05) is 0 Å². The number of halogens is 1. The van der Waals surface area contributed by atoms with Gasteiger partial charge in [-0.2, -0.15) is 5.10 Å². The fourth-order valence-corrected chi connectivity index (χ4v) is 3.99. The van der Waals surface area contributed by atoms with Crippen molar-refractivity contribution < 1.29 is 22.7 Å². The van der Waals surface area contributed by atoms with E-state index in [1.807, 2.05) is 0 Å². The average molecular weight is 324 g/mol. The second kappa shape index (κ2) is 4.91. The smallest absolute Gasteiger partial charge is 0.356 e. The molecule has 0 unspecified atom stereocenters. The molecular weight excluding hydrogens is 311 g/mol. The Kier molecular flexibility index (Phi) is 3.28. The first-order chi connectivity index (χ1) is 10.3. The highest BCUT2D eigenvalue weighted by molar-refractivity contribution is 7.92. The number of carboxylic acid groups (broad SMARTS) is 1. The van der Waals surface area contributed by atoms with E-state index >= 15 is 0 Å². The number of benzene rings is 1. The molecule has 0 aliphatic heterocycles. The first-order valence-electron chi connectivity index (χ1n) is 6.62. The number of hydrogen-bond donors (Lipinski definition) is 1. The first kappa shape index (κ1) is 14.7. The van der Waals surface area contributed by atoms with Crippen LogP contribution in [0, 0.1) is 5.82 Å². The Bertz CT molecular complexity index is 869. The van der Waals surface area contributed by atoms with Crippen LogP contribution in [0.3, 0.4) is 0 Å². The normalized spacial score (nSPS) is 15.0. The van der Waals surface area contributed by atoms with Crippen LogP contribution in [0.15, 0.2) is 29.2 Å². The molecule has 0 atom stereocenters. The lowest BCUT2D eigenvalue weighted by atomic mass is 10.1. The highest BCUT2D eigenvalue weighted by Crippen LogP contribution is 2.35. The van der Waals surface area contributed by atoms with Gasteiger partial charge in [-0.15, -0.1) is 0 Å². The zero-order chi connectivity index (χ0) is 16.1. The zero-order valence-electron chi connectivity index (χ0n) is 11.7. The number of aryl methyl sites for hydroxylation is 1. The predicted octanol–water partition coefficient (Wildman–Crippen LogP) is 1.86. The molecule has 1 aliphatic carbocycles. The van der Waals surface area contributed by atoms with Gasteiger partial charge in [-0.05, 0) is 31.0 Å². The molecular formula is C14H13FN2O4S. The number of nitrogens with zero attached hydrogens (tertiary/aromatic N) is 2. The SMILES string of the molecule is Cn1nc(C(=O)O)cc1-c1ccc(S(=O)(=O)C2CC2)c(F)c1. The summed E-state index contributed by atoms with van der Waals surface area (Å²) in [7, 11) is -2.07. The number of hydrogen-bond acceptors (Lipinski definition) is 4. The van der Waals surface area contributed by atoms with Crippen LogP contribution in [0.4, 0.5) is 4.39 Å². The summed E-state index contributed by atoms with van der Waals surface area (Å²) in [6, 6.07) is 5.09. The quantitative estimate of drug-likeness (QED) is 0.927. The summed E-state index contributed by atoms with van der Waals surface area (Å²) in [6.45, 7) is 0. The Morgan fingerprint density at radius 3 is 2.55 bits per heavy atom. The van der Waals surface area contributed by atoms with E-state index in [1.54, 1.807) is 0 Å². The molecule has 0 bridgehead atoms. The summed E-state index contributed by atoms with van der Waals surface area (Å²) in [5.41, 5.74) is 0.606. The molecule has 1 aliphatic rings. The molecule has 1 saturated carbocycles. The summed E-state index contributed by atoms with van der Waals surface area (Å²) < 4.78 is 39.7. The third kappa shape index (κ3) is 2.39. The van der Waals surface area contributed by atoms with Crippen LogP contribution < -0.4 is 0 Å². The Morgan fingerprint density at radius 2 is 2.05 bits per heavy atom. The Hall–Kier alpha value is -2.22. The molecule has 1 N–H and O–H groups in total. The van der Waals surface area contributed by atoms with Gasteiger partial charge in [0.2, 0.25) is 0 Å². The zero-order valence-corrected chi connectivity index (χ0v) is 12.5. The largest absolute Gasteiger partial charge is 0.476 e. The van der Waals surface area contributed by atoms with Crippen molar-refractivity contribution in [2.24, 2.45) is 7.05 Å². The summed E-state index contributed by atoms with van der Waals surface area (Å²) in [5, 5.41) is 12.2. The van der Waals surface area contributed by atoms with Crippen LogP contribution in [-0.4, -0.2) is 34.5 Å². The van der Waals surface area contributed by atoms with Crippen LogP contribution >= 0.6 is 0 Å². The summed E-state index contributed by atoms with van der Waals surface area (Å²) in [5.74, 6) is -2.02. The minimum Gasteiger partial charge on any atom is -0.476 e. The number of sulfone groups is 1. The van der Waals surface area contributed by atoms with Crippen LogP contribution in [0.5, 0.6) is 0 Å². The molecule has 0 saturated heterocycles. The molecule has 8 heteroatoms. The summed E-state index contributed by atoms with van der Waals surface area (Å²) >= 11 is 0. The molecule has 1 heterocycles. The molecule has 0 amide bonds. The second-order valence-corrected chi connectivity index (χ2v) is 7.43. The fraction of sp³-hybridized carbons (Fsp3) is 0.286. The molecule has 0 radical (unpaired) electrons. The van der Waals surface area contributed by atoms with Crippen molar-refractivity contribution in [1.82, 2.24) is 9.78 Å². The number of rotatable bonds is 4. The monoisotopic (exact) mass is 324 g/mol. The van der Waals surface area contributed by atoms with Gasteiger partial charge in [0.15, 0.2) is 15.5 Å². The Labute approximate surface area is 126 Å². The third-order valence-electron chi connectivity index (χ3n) is 3.60. The van der Waals surface area contributed by atoms with Crippen molar-refractivity contribution >= 4 is 15.8 Å². The Morgan fingerprint density at radius 1 is 1.36 bits per heavy atom. The van der Waals surface area contributed by atoms with Crippen LogP contribution in [0.1, 0.15) is 23.3 Å². The number of aromatic nitrogens is 2. The molecule has 2 aromatic rings. The average Bonchev–Trinajstić information content (AvgIpc) is 3.22. The summed E-state index contributed by atoms with van der Waals surface area (Å²) in [6.07, 6.45) is 1.13. The maximum atomic E-state index is 14.2. The number of aromatic carboxylic acids is 1. The molecule has 116 valence electrons. The van der Waals surface area contributed by atoms with Gasteiger partial charge in [0.05, 0.1) is 10.9 Å². The molecule has 3 rings (SSSR count). The van der Waals surface area contributed by atoms with E-state index in [0.29, 0.717) is 24.1 Å². The molecule has 22 heavy (non-hydrogen) atoms. The van der Waals surface area contributed by atoms with E-state index in [9.17, 15) is 17.6 Å². The second-order valence-electron chi connectivity index (χ2n) is 5.23. The van der Waals surface area contributed by atoms with Crippen molar-refractivity contribution in [1.29, 1.82) is 0 Å². The maximum Gasteiger partial charge on any atom is 0.356 e. The maximum absolute atomic E-state index is 14.2. The minimum atomic E-state index is -3.61. The van der Waals surface area contributed by atoms with Gasteiger partial charge in [-0.3, -0.25) is 4.68 Å². The molecule has 1 aromatic heterocycles. The van der Waals surface area contributed by atoms with Crippen molar-refractivity contribution in [3.63, 3.8) is 0 Å². The van der Waals surface area contributed by atoms with Crippen LogP contribution in [0.2, 0.25) is 0 Å². The fourth-order valence-electron chi connectivity index (χ4n) is 2.29. The van der Waals surface area contributed by atoms with Crippen LogP contribution in [0.25, 0.3) is 11.3 Å². The van der Waals surface area contributed by atoms with Crippen molar-refractivity contribution in [3.8, 4) is 11.3 Å². The molecule has 1 aromatic carbocycles. The highest BCUT2D eigenvalue weighted by Gasteiger charge is 2.38. The van der Waals surface area contributed by atoms with E-state index < -0.39 is 26.9 Å². The third-order valence-corrected chi connectivity index (χ3v) is 5.89. The van der Waals surface area contributed by atoms with Gasteiger partial charge < -0.3 is 5.11 Å². The lowest BCUT2D eigenvalue weighted by Gasteiger charge is -2.07. The predicted molar refractivity (Wildman–Crippen MR) is 75.8 cm³/mol. The van der Waals surface area contributed by atoms with E-state index in [1.165, 1.54) is 29.9 Å². The molecule has 1 fully saturated rings. The number of carboxylic acids is 1. The van der Waals surface area contributed by atoms with Gasteiger partial charge in [0.25, 0.3) is 0 Å². The highest BCUT2D eigenvalue weighted by atomic mass is 32.2.